The number of amides is 4. The van der Waals surface area contributed by atoms with Gasteiger partial charge in [0.05, 0.1) is 23.7 Å². The highest BCUT2D eigenvalue weighted by molar-refractivity contribution is 6.34. The van der Waals surface area contributed by atoms with Crippen LogP contribution in [-0.4, -0.2) is 84.3 Å². The van der Waals surface area contributed by atoms with Gasteiger partial charge in [-0.3, -0.25) is 9.59 Å². The first-order chi connectivity index (χ1) is 16.9. The number of halogens is 1. The molecule has 2 aliphatic heterocycles. The van der Waals surface area contributed by atoms with Gasteiger partial charge in [-0.2, -0.15) is 0 Å². The summed E-state index contributed by atoms with van der Waals surface area (Å²) in [5.41, 5.74) is 0.998. The minimum atomic E-state index is -1.000. The lowest BCUT2D eigenvalue weighted by molar-refractivity contribution is -0.127. The summed E-state index contributed by atoms with van der Waals surface area (Å²) in [5, 5.41) is 12.3. The van der Waals surface area contributed by atoms with Gasteiger partial charge < -0.3 is 29.9 Å². The smallest absolute Gasteiger partial charge is 0.407 e. The quantitative estimate of drug-likeness (QED) is 0.589. The Balaban J connectivity index is 1.96. The number of hydrogen-bond donors (Lipinski definition) is 2. The number of methoxy groups -OCH3 is 1. The molecule has 36 heavy (non-hydrogen) atoms. The molecule has 11 heteroatoms. The number of nitrogens with zero attached hydrogens (tertiary/aromatic N) is 3. The van der Waals surface area contributed by atoms with Crippen LogP contribution in [0.1, 0.15) is 56.5 Å². The van der Waals surface area contributed by atoms with Crippen molar-refractivity contribution >= 4 is 41.3 Å². The van der Waals surface area contributed by atoms with E-state index in [-0.39, 0.29) is 54.1 Å². The van der Waals surface area contributed by atoms with Gasteiger partial charge in [-0.05, 0) is 50.8 Å². The lowest BCUT2D eigenvalue weighted by atomic mass is 9.79. The lowest BCUT2D eigenvalue weighted by Crippen LogP contribution is -2.54. The van der Waals surface area contributed by atoms with Gasteiger partial charge in [0, 0.05) is 43.3 Å². The lowest BCUT2D eigenvalue weighted by Gasteiger charge is -2.41. The van der Waals surface area contributed by atoms with Crippen molar-refractivity contribution in [2.24, 2.45) is 5.41 Å². The van der Waals surface area contributed by atoms with E-state index in [9.17, 15) is 24.3 Å². The van der Waals surface area contributed by atoms with Crippen molar-refractivity contribution < 1.29 is 29.0 Å². The molecule has 3 rings (SSSR count). The predicted molar refractivity (Wildman–Crippen MR) is 136 cm³/mol. The summed E-state index contributed by atoms with van der Waals surface area (Å²) in [6.07, 6.45) is 0.214. The number of ether oxygens (including phenoxy) is 1. The van der Waals surface area contributed by atoms with Crippen molar-refractivity contribution in [3.63, 3.8) is 0 Å². The number of likely N-dealkylation sites (tertiary alicyclic amines) is 1. The molecule has 2 aliphatic rings. The van der Waals surface area contributed by atoms with E-state index in [0.29, 0.717) is 31.5 Å². The molecule has 0 bridgehead atoms. The van der Waals surface area contributed by atoms with Gasteiger partial charge in [-0.15, -0.1) is 0 Å². The number of hydrogen-bond acceptors (Lipinski definition) is 5. The van der Waals surface area contributed by atoms with E-state index >= 15 is 0 Å². The van der Waals surface area contributed by atoms with E-state index in [0.717, 1.165) is 5.56 Å². The van der Waals surface area contributed by atoms with Crippen LogP contribution in [0.25, 0.3) is 0 Å². The zero-order valence-electron chi connectivity index (χ0n) is 21.5. The molecule has 1 aromatic rings. The third-order valence-corrected chi connectivity index (χ3v) is 7.10. The van der Waals surface area contributed by atoms with Crippen molar-refractivity contribution in [1.29, 1.82) is 0 Å². The zero-order chi connectivity index (χ0) is 26.8. The number of fused-ring (bicyclic) bond motifs is 1. The number of anilines is 1. The van der Waals surface area contributed by atoms with Crippen LogP contribution >= 0.6 is 11.6 Å². The van der Waals surface area contributed by atoms with Crippen molar-refractivity contribution in [1.82, 2.24) is 15.1 Å². The first-order valence-corrected chi connectivity index (χ1v) is 12.5. The summed E-state index contributed by atoms with van der Waals surface area (Å²) >= 11 is 6.64. The molecule has 0 radical (unpaired) electrons. The number of carbonyl (C=O) groups excluding carboxylic acids is 3. The van der Waals surface area contributed by atoms with Crippen LogP contribution in [0.3, 0.4) is 0 Å². The Bertz CT molecular complexity index is 1040. The monoisotopic (exact) mass is 522 g/mol. The molecule has 1 atom stereocenters. The van der Waals surface area contributed by atoms with Gasteiger partial charge in [0.15, 0.2) is 0 Å². The molecule has 4 amide bonds. The largest absolute Gasteiger partial charge is 0.465 e. The molecule has 1 aromatic carbocycles. The van der Waals surface area contributed by atoms with Gasteiger partial charge in [-0.1, -0.05) is 25.4 Å². The molecular formula is C25H35ClN4O6. The first-order valence-electron chi connectivity index (χ1n) is 12.1. The molecule has 0 aromatic heterocycles. The number of benzene rings is 1. The second-order valence-corrected chi connectivity index (χ2v) is 10.6. The van der Waals surface area contributed by atoms with Crippen molar-refractivity contribution in [3.05, 3.63) is 28.3 Å². The summed E-state index contributed by atoms with van der Waals surface area (Å²) in [4.78, 5) is 54.8. The molecule has 2 heterocycles. The number of rotatable bonds is 6. The van der Waals surface area contributed by atoms with E-state index in [1.54, 1.807) is 21.9 Å². The summed E-state index contributed by atoms with van der Waals surface area (Å²) in [7, 11) is 1.27. The molecule has 0 saturated carbocycles. The molecule has 198 valence electrons. The van der Waals surface area contributed by atoms with Crippen LogP contribution in [0.2, 0.25) is 5.02 Å². The van der Waals surface area contributed by atoms with Crippen molar-refractivity contribution in [2.75, 3.05) is 38.2 Å². The highest BCUT2D eigenvalue weighted by atomic mass is 35.5. The van der Waals surface area contributed by atoms with Gasteiger partial charge >= 0.3 is 12.2 Å². The fourth-order valence-electron chi connectivity index (χ4n) is 5.07. The highest BCUT2D eigenvalue weighted by Gasteiger charge is 2.40. The number of piperidine rings is 1. The number of carbonyl (C=O) groups is 4. The maximum atomic E-state index is 13.8. The van der Waals surface area contributed by atoms with E-state index in [1.807, 2.05) is 27.7 Å². The van der Waals surface area contributed by atoms with Crippen LogP contribution in [0, 0.1) is 5.41 Å². The SMILES string of the molecule is COC(=O)NCCN1C(=O)C(C)(C)Cc2cc(Cl)c(C(=O)N(C(C)C)[C@@H]3CCCN(C(=O)O)C3)cc21. The Hall–Kier alpha value is -3.01. The number of alkyl carbamates (subject to hydrolysis) is 1. The Kier molecular flexibility index (Phi) is 8.38. The fraction of sp³-hybridized carbons (Fsp3) is 0.600. The molecule has 0 unspecified atom stereocenters. The number of nitrogens with one attached hydrogen (secondary N) is 1. The second-order valence-electron chi connectivity index (χ2n) is 10.2. The second kappa shape index (κ2) is 10.9. The van der Waals surface area contributed by atoms with Gasteiger partial charge in [0.25, 0.3) is 5.91 Å². The van der Waals surface area contributed by atoms with Crippen LogP contribution in [0.15, 0.2) is 12.1 Å². The van der Waals surface area contributed by atoms with Crippen molar-refractivity contribution in [2.45, 2.75) is 59.0 Å². The van der Waals surface area contributed by atoms with Crippen LogP contribution in [-0.2, 0) is 16.0 Å². The van der Waals surface area contributed by atoms with Crippen LogP contribution in [0.4, 0.5) is 15.3 Å². The number of carboxylic acid groups (broad SMARTS) is 1. The normalized spacial score (nSPS) is 19.1. The molecule has 1 saturated heterocycles. The Labute approximate surface area is 216 Å². The van der Waals surface area contributed by atoms with Crippen molar-refractivity contribution in [3.8, 4) is 0 Å². The average Bonchev–Trinajstić information content (AvgIpc) is 2.80. The third-order valence-electron chi connectivity index (χ3n) is 6.79. The highest BCUT2D eigenvalue weighted by Crippen LogP contribution is 2.40. The Morgan fingerprint density at radius 1 is 1.31 bits per heavy atom. The molecule has 0 aliphatic carbocycles. The van der Waals surface area contributed by atoms with Gasteiger partial charge in [0.1, 0.15) is 0 Å². The first kappa shape index (κ1) is 27.6. The summed E-state index contributed by atoms with van der Waals surface area (Å²) in [6.45, 7) is 8.53. The minimum absolute atomic E-state index is 0.118. The molecule has 10 nitrogen and oxygen atoms in total. The predicted octanol–water partition coefficient (Wildman–Crippen LogP) is 3.60. The van der Waals surface area contributed by atoms with E-state index < -0.39 is 17.6 Å². The van der Waals surface area contributed by atoms with E-state index in [1.165, 1.54) is 12.0 Å². The maximum Gasteiger partial charge on any atom is 0.407 e. The summed E-state index contributed by atoms with van der Waals surface area (Å²) < 4.78 is 4.61. The van der Waals surface area contributed by atoms with Gasteiger partial charge in [0.2, 0.25) is 5.91 Å². The van der Waals surface area contributed by atoms with E-state index in [4.69, 9.17) is 11.6 Å². The standard InChI is InChI=1S/C25H35ClN4O6/c1-15(2)30(17-7-6-9-28(14-17)24(34)35)21(31)18-12-20-16(11-19(18)26)13-25(3,4)22(32)29(20)10-8-27-23(33)36-5/h11-12,15,17H,6-10,13-14H2,1-5H3,(H,27,33)(H,34,35)/t17-/m1/s1. The average molecular weight is 523 g/mol. The topological polar surface area (TPSA) is 119 Å². The molecule has 1 fully saturated rings. The summed E-state index contributed by atoms with van der Waals surface area (Å²) in [5.74, 6) is -0.424. The van der Waals surface area contributed by atoms with E-state index in [2.05, 4.69) is 10.1 Å². The fourth-order valence-corrected chi connectivity index (χ4v) is 5.33. The maximum absolute atomic E-state index is 13.8. The molecular weight excluding hydrogens is 488 g/mol. The van der Waals surface area contributed by atoms with Crippen LogP contribution in [0.5, 0.6) is 0 Å². The third kappa shape index (κ3) is 5.69. The van der Waals surface area contributed by atoms with Crippen LogP contribution < -0.4 is 10.2 Å². The minimum Gasteiger partial charge on any atom is -0.465 e. The summed E-state index contributed by atoms with van der Waals surface area (Å²) in [6, 6.07) is 2.92. The Morgan fingerprint density at radius 3 is 2.61 bits per heavy atom. The Morgan fingerprint density at radius 2 is 2.00 bits per heavy atom. The van der Waals surface area contributed by atoms with Gasteiger partial charge in [-0.25, -0.2) is 9.59 Å². The molecule has 2 N–H and O–H groups in total. The zero-order valence-corrected chi connectivity index (χ0v) is 22.2. The molecule has 0 spiro atoms.